The van der Waals surface area contributed by atoms with Gasteiger partial charge in [0.2, 0.25) is 11.8 Å². The largest absolute Gasteiger partial charge is 0.323 e. The third-order valence-electron chi connectivity index (χ3n) is 9.99. The summed E-state index contributed by atoms with van der Waals surface area (Å²) in [6.45, 7) is 5.89. The number of piperidine rings is 2. The minimum absolute atomic E-state index is 0.0798. The zero-order chi connectivity index (χ0) is 34.4. The van der Waals surface area contributed by atoms with Gasteiger partial charge in [-0.1, -0.05) is 30.3 Å². The summed E-state index contributed by atoms with van der Waals surface area (Å²) < 4.78 is 1.71. The first-order valence-corrected chi connectivity index (χ1v) is 16.4. The molecule has 2 saturated heterocycles. The van der Waals surface area contributed by atoms with E-state index in [9.17, 15) is 29.2 Å². The van der Waals surface area contributed by atoms with Crippen molar-refractivity contribution in [3.8, 4) is 6.07 Å². The summed E-state index contributed by atoms with van der Waals surface area (Å²) in [4.78, 5) is 67.1. The molecule has 12 heteroatoms. The van der Waals surface area contributed by atoms with E-state index in [1.807, 2.05) is 56.6 Å². The van der Waals surface area contributed by atoms with Crippen LogP contribution in [0.2, 0.25) is 0 Å². The first kappa shape index (κ1) is 31.9. The Bertz CT molecular complexity index is 2090. The molecule has 1 unspecified atom stereocenters. The molecule has 248 valence electrons. The van der Waals surface area contributed by atoms with Gasteiger partial charge < -0.3 is 5.32 Å². The fraction of sp³-hybridized carbons (Fsp3) is 0.324. The number of imide groups is 2. The van der Waals surface area contributed by atoms with Crippen LogP contribution in [0.1, 0.15) is 82.9 Å². The first-order chi connectivity index (χ1) is 23.5. The molecule has 2 fully saturated rings. The first-order valence-electron chi connectivity index (χ1n) is 16.4. The molecule has 1 aromatic heterocycles. The highest BCUT2D eigenvalue weighted by Crippen LogP contribution is 2.33. The van der Waals surface area contributed by atoms with Crippen molar-refractivity contribution in [2.45, 2.75) is 63.6 Å². The van der Waals surface area contributed by atoms with E-state index in [-0.39, 0.29) is 35.8 Å². The fourth-order valence-electron chi connectivity index (χ4n) is 7.04. The van der Waals surface area contributed by atoms with E-state index in [0.717, 1.165) is 52.7 Å². The van der Waals surface area contributed by atoms with Crippen LogP contribution >= 0.6 is 0 Å². The highest BCUT2D eigenvalue weighted by molar-refractivity contribution is 6.23. The van der Waals surface area contributed by atoms with Crippen LogP contribution in [0.25, 0.3) is 10.8 Å². The third-order valence-corrected chi connectivity index (χ3v) is 9.99. The third kappa shape index (κ3) is 5.76. The van der Waals surface area contributed by atoms with Crippen LogP contribution < -0.4 is 10.6 Å². The molecule has 0 spiro atoms. The normalized spacial score (nSPS) is 18.8. The van der Waals surface area contributed by atoms with Crippen molar-refractivity contribution in [3.05, 3.63) is 94.8 Å². The molecule has 4 heterocycles. The number of fused-ring (bicyclic) bond motifs is 2. The van der Waals surface area contributed by atoms with Gasteiger partial charge in [0, 0.05) is 35.6 Å². The van der Waals surface area contributed by atoms with E-state index in [1.54, 1.807) is 28.9 Å². The van der Waals surface area contributed by atoms with Crippen molar-refractivity contribution >= 4 is 46.0 Å². The van der Waals surface area contributed by atoms with Gasteiger partial charge in [-0.2, -0.15) is 10.4 Å². The average Bonchev–Trinajstić information content (AvgIpc) is 3.69. The molecule has 0 bridgehead atoms. The number of rotatable bonds is 7. The van der Waals surface area contributed by atoms with Crippen molar-refractivity contribution < 1.29 is 24.0 Å². The van der Waals surface area contributed by atoms with Crippen molar-refractivity contribution in [1.82, 2.24) is 24.9 Å². The van der Waals surface area contributed by atoms with Gasteiger partial charge in [0.15, 0.2) is 0 Å². The average molecular weight is 658 g/mol. The molecule has 1 atom stereocenters. The molecule has 4 aromatic rings. The van der Waals surface area contributed by atoms with E-state index in [4.69, 9.17) is 0 Å². The van der Waals surface area contributed by atoms with E-state index < -0.39 is 35.2 Å². The Hall–Kier alpha value is -5.67. The molecule has 3 aliphatic heterocycles. The van der Waals surface area contributed by atoms with Gasteiger partial charge in [0.05, 0.1) is 29.0 Å². The number of carbonyl (C=O) groups is 5. The molecule has 2 N–H and O–H groups in total. The van der Waals surface area contributed by atoms with E-state index >= 15 is 0 Å². The lowest BCUT2D eigenvalue weighted by Crippen LogP contribution is -2.54. The minimum Gasteiger partial charge on any atom is -0.323 e. The van der Waals surface area contributed by atoms with Crippen LogP contribution in [0.3, 0.4) is 0 Å². The van der Waals surface area contributed by atoms with Crippen LogP contribution in [0.15, 0.2) is 67.0 Å². The number of nitriles is 1. The minimum atomic E-state index is -0.986. The number of likely N-dealkylation sites (tertiary alicyclic amines) is 1. The monoisotopic (exact) mass is 657 g/mol. The van der Waals surface area contributed by atoms with E-state index in [2.05, 4.69) is 26.7 Å². The zero-order valence-electron chi connectivity index (χ0n) is 27.2. The van der Waals surface area contributed by atoms with Gasteiger partial charge >= 0.3 is 0 Å². The molecular formula is C37H35N7O5. The van der Waals surface area contributed by atoms with Crippen LogP contribution in [0, 0.1) is 11.3 Å². The maximum Gasteiger partial charge on any atom is 0.262 e. The van der Waals surface area contributed by atoms with Crippen molar-refractivity contribution in [3.63, 3.8) is 0 Å². The zero-order valence-corrected chi connectivity index (χ0v) is 27.2. The lowest BCUT2D eigenvalue weighted by molar-refractivity contribution is -0.136. The summed E-state index contributed by atoms with van der Waals surface area (Å²) >= 11 is 0. The molecule has 0 aliphatic carbocycles. The van der Waals surface area contributed by atoms with E-state index in [1.165, 1.54) is 0 Å². The Labute approximate surface area is 282 Å². The molecule has 0 saturated carbocycles. The molecule has 3 aromatic carbocycles. The molecule has 12 nitrogen and oxygen atoms in total. The summed E-state index contributed by atoms with van der Waals surface area (Å²) in [5.74, 6) is -1.99. The highest BCUT2D eigenvalue weighted by atomic mass is 16.2. The van der Waals surface area contributed by atoms with Gasteiger partial charge in [-0.15, -0.1) is 0 Å². The van der Waals surface area contributed by atoms with Gasteiger partial charge in [-0.3, -0.25) is 43.8 Å². The summed E-state index contributed by atoms with van der Waals surface area (Å²) in [5, 5.41) is 20.9. The Kier molecular flexibility index (Phi) is 8.08. The molecule has 49 heavy (non-hydrogen) atoms. The summed E-state index contributed by atoms with van der Waals surface area (Å²) in [5.41, 5.74) is 2.74. The molecule has 5 amide bonds. The Morgan fingerprint density at radius 2 is 1.71 bits per heavy atom. The quantitative estimate of drug-likeness (QED) is 0.282. The summed E-state index contributed by atoms with van der Waals surface area (Å²) in [6, 6.07) is 17.4. The number of hydrogen-bond donors (Lipinski definition) is 2. The van der Waals surface area contributed by atoms with Crippen LogP contribution in [0.5, 0.6) is 0 Å². The predicted molar refractivity (Wildman–Crippen MR) is 179 cm³/mol. The number of hydrogen-bond acceptors (Lipinski definition) is 8. The maximum atomic E-state index is 13.6. The molecule has 0 radical (unpaired) electrons. The lowest BCUT2D eigenvalue weighted by atomic mass is 9.91. The number of anilines is 1. The molecular weight excluding hydrogens is 622 g/mol. The molecule has 7 rings (SSSR count). The second kappa shape index (κ2) is 12.4. The topological polar surface area (TPSA) is 158 Å². The Morgan fingerprint density at radius 3 is 2.45 bits per heavy atom. The van der Waals surface area contributed by atoms with Crippen LogP contribution in [-0.4, -0.2) is 68.2 Å². The number of nitrogens with zero attached hydrogens (tertiary/aromatic N) is 5. The SMILES string of the molecule is CC(C)(C(=O)Nc1ccc(C#N)c2ccccc12)n1cc(C2CCN(Cc3ccc4c(c3)C(=O)N(C3CCC(=O)NC3=O)C4=O)CC2)cn1. The van der Waals surface area contributed by atoms with Crippen molar-refractivity contribution in [1.29, 1.82) is 5.26 Å². The lowest BCUT2D eigenvalue weighted by Gasteiger charge is -2.31. The second-order valence-electron chi connectivity index (χ2n) is 13.4. The van der Waals surface area contributed by atoms with Crippen molar-refractivity contribution in [2.24, 2.45) is 0 Å². The molecule has 3 aliphatic rings. The standard InChI is InChI=1S/C37H35N7O5/c1-37(2,36(49)40-30-10-8-24(18-38)26-5-3-4-6-27(26)30)43-21-25(19-39-43)23-13-15-42(16-14-23)20-22-7-9-28-29(17-22)35(48)44(34(28)47)31-11-12-32(45)41-33(31)46/h3-10,17,19,21,23,31H,11-16,20H2,1-2H3,(H,40,49)(H,41,45,46). The van der Waals surface area contributed by atoms with Gasteiger partial charge in [-0.05, 0) is 87.5 Å². The Morgan fingerprint density at radius 1 is 0.980 bits per heavy atom. The maximum absolute atomic E-state index is 13.6. The summed E-state index contributed by atoms with van der Waals surface area (Å²) in [7, 11) is 0. The highest BCUT2D eigenvalue weighted by Gasteiger charge is 2.44. The van der Waals surface area contributed by atoms with Crippen LogP contribution in [-0.2, 0) is 26.5 Å². The number of carbonyl (C=O) groups excluding carboxylic acids is 5. The number of benzene rings is 3. The Balaban J connectivity index is 0.973. The predicted octanol–water partition coefficient (Wildman–Crippen LogP) is 4.06. The smallest absolute Gasteiger partial charge is 0.262 e. The van der Waals surface area contributed by atoms with E-state index in [0.29, 0.717) is 17.8 Å². The number of aromatic nitrogens is 2. The van der Waals surface area contributed by atoms with Gasteiger partial charge in [0.1, 0.15) is 11.6 Å². The number of amides is 5. The van der Waals surface area contributed by atoms with Gasteiger partial charge in [0.25, 0.3) is 17.7 Å². The van der Waals surface area contributed by atoms with Gasteiger partial charge in [-0.25, -0.2) is 0 Å². The fourth-order valence-corrected chi connectivity index (χ4v) is 7.04. The second-order valence-corrected chi connectivity index (χ2v) is 13.4. The number of nitrogens with one attached hydrogen (secondary N) is 2. The van der Waals surface area contributed by atoms with Crippen molar-refractivity contribution in [2.75, 3.05) is 18.4 Å². The van der Waals surface area contributed by atoms with Crippen LogP contribution in [0.4, 0.5) is 5.69 Å². The summed E-state index contributed by atoms with van der Waals surface area (Å²) in [6.07, 6.45) is 5.77.